The van der Waals surface area contributed by atoms with Gasteiger partial charge < -0.3 is 28.0 Å². The number of ether oxygens (including phenoxy) is 4. The zero-order valence-corrected chi connectivity index (χ0v) is 70.6. The number of methoxy groups -OCH3 is 2. The van der Waals surface area contributed by atoms with E-state index in [1.807, 2.05) is 0 Å². The Morgan fingerprint density at radius 2 is 0.648 bits per heavy atom. The molecule has 4 aliphatic carbocycles. The van der Waals surface area contributed by atoms with Gasteiger partial charge in [-0.1, -0.05) is 151 Å². The number of rotatable bonds is 22. The van der Waals surface area contributed by atoms with Crippen molar-refractivity contribution in [3.63, 3.8) is 0 Å². The third kappa shape index (κ3) is 28.9. The average molecular weight is 1640 g/mol. The summed E-state index contributed by atoms with van der Waals surface area (Å²) in [5, 5.41) is 1.67. The third-order valence-corrected chi connectivity index (χ3v) is 41.7. The maximum atomic E-state index is 12.8. The molecule has 2 saturated heterocycles. The quantitative estimate of drug-likeness (QED) is 0.0204. The molecule has 11 rings (SSSR count). The Bertz CT molecular complexity index is 3940. The second-order valence-electron chi connectivity index (χ2n) is 28.7. The molecule has 105 heavy (non-hydrogen) atoms. The predicted molar refractivity (Wildman–Crippen MR) is 431 cm³/mol. The van der Waals surface area contributed by atoms with Gasteiger partial charge >= 0.3 is 0 Å². The van der Waals surface area contributed by atoms with Crippen LogP contribution in [0.3, 0.4) is 0 Å². The summed E-state index contributed by atoms with van der Waals surface area (Å²) in [5.74, 6) is 7.38. The van der Waals surface area contributed by atoms with E-state index in [1.165, 1.54) is 106 Å². The lowest BCUT2D eigenvalue weighted by Crippen LogP contribution is -2.41. The van der Waals surface area contributed by atoms with Crippen molar-refractivity contribution in [3.8, 4) is 11.5 Å². The Labute approximate surface area is 639 Å². The average Bonchev–Trinajstić information content (AvgIpc) is 0.750. The summed E-state index contributed by atoms with van der Waals surface area (Å²) in [6.07, 6.45) is 22.1. The highest BCUT2D eigenvalue weighted by Gasteiger charge is 2.43. The molecule has 0 spiro atoms. The van der Waals surface area contributed by atoms with Gasteiger partial charge in [0.15, 0.2) is 9.79 Å². The maximum absolute atomic E-state index is 12.8. The van der Waals surface area contributed by atoms with E-state index < -0.39 is 98.0 Å². The summed E-state index contributed by atoms with van der Waals surface area (Å²) < 4.78 is 205. The van der Waals surface area contributed by atoms with Gasteiger partial charge in [0.05, 0.1) is 103 Å². The summed E-state index contributed by atoms with van der Waals surface area (Å²) >= 11 is 0. The fourth-order valence-electron chi connectivity index (χ4n) is 14.2. The largest absolute Gasteiger partial charge is 0.748 e. The van der Waals surface area contributed by atoms with Crippen LogP contribution in [0.25, 0.3) is 21.5 Å². The fraction of sp³-hybridized carbons (Fsp3) is 0.632. The molecule has 0 atom stereocenters. The highest BCUT2D eigenvalue weighted by Crippen LogP contribution is 2.43. The molecule has 5 aromatic carbocycles. The maximum Gasteiger partial charge on any atom is 0.162 e. The van der Waals surface area contributed by atoms with E-state index in [0.29, 0.717) is 170 Å². The number of nitrogens with zero attached hydrogens (tertiary/aromatic N) is 1. The summed E-state index contributed by atoms with van der Waals surface area (Å²) in [6, 6.07) is 36.8. The van der Waals surface area contributed by atoms with Gasteiger partial charge in [-0.25, -0.2) is 8.42 Å². The lowest BCUT2D eigenvalue weighted by atomic mass is 10.0. The molecule has 0 unspecified atom stereocenters. The first kappa shape index (κ1) is 90.3. The second kappa shape index (κ2) is 43.3. The molecule has 0 amide bonds. The number of benzene rings is 5. The van der Waals surface area contributed by atoms with Crippen molar-refractivity contribution in [3.05, 3.63) is 117 Å². The van der Waals surface area contributed by atoms with Crippen LogP contribution in [0.5, 0.6) is 11.5 Å². The van der Waals surface area contributed by atoms with Crippen LogP contribution in [-0.2, 0) is 107 Å². The molecular formula is C76H119NO19S9. The molecule has 5 aromatic rings. The van der Waals surface area contributed by atoms with Gasteiger partial charge in [0, 0.05) is 112 Å². The first-order valence-corrected chi connectivity index (χ1v) is 51.4. The van der Waals surface area contributed by atoms with Crippen LogP contribution in [-0.4, -0.2) is 193 Å². The highest BCUT2D eigenvalue weighted by atomic mass is 32.3. The number of fused-ring (bicyclic) bond motifs is 2. The summed E-state index contributed by atoms with van der Waals surface area (Å²) in [6.45, 7) is 3.55. The summed E-state index contributed by atoms with van der Waals surface area (Å²) in [4.78, 5) is 3.06. The van der Waals surface area contributed by atoms with E-state index in [2.05, 4.69) is 124 Å². The first-order valence-electron chi connectivity index (χ1n) is 37.5. The van der Waals surface area contributed by atoms with Crippen LogP contribution in [0, 0.1) is 7.83 Å². The number of hydrogen-bond donors (Lipinski definition) is 0. The van der Waals surface area contributed by atoms with Crippen LogP contribution in [0.2, 0.25) is 0 Å². The summed E-state index contributed by atoms with van der Waals surface area (Å²) in [5.41, 5.74) is 1.40. The van der Waals surface area contributed by atoms with Crippen molar-refractivity contribution in [2.75, 3.05) is 104 Å². The molecule has 29 heteroatoms. The van der Waals surface area contributed by atoms with E-state index in [9.17, 15) is 50.5 Å². The summed E-state index contributed by atoms with van der Waals surface area (Å²) in [7, 11) is -17.9. The minimum absolute atomic E-state index is 0.335. The Morgan fingerprint density at radius 1 is 0.390 bits per heavy atom. The van der Waals surface area contributed by atoms with Crippen LogP contribution in [0.4, 0.5) is 0 Å². The van der Waals surface area contributed by atoms with Gasteiger partial charge in [0.25, 0.3) is 0 Å². The van der Waals surface area contributed by atoms with Crippen molar-refractivity contribution in [1.82, 2.24) is 0 Å². The molecule has 596 valence electrons. The van der Waals surface area contributed by atoms with Gasteiger partial charge in [-0.3, -0.25) is 50.5 Å². The molecule has 20 nitrogen and oxygen atoms in total. The lowest BCUT2D eigenvalue weighted by molar-refractivity contribution is -0.884. The predicted octanol–water partition coefficient (Wildman–Crippen LogP) is 13.7. The van der Waals surface area contributed by atoms with Crippen LogP contribution in [0.15, 0.2) is 113 Å². The zero-order chi connectivity index (χ0) is 78.4. The topological polar surface area (TPSA) is 299 Å². The van der Waals surface area contributed by atoms with Crippen molar-refractivity contribution in [2.24, 2.45) is 0 Å². The fourth-order valence-corrected chi connectivity index (χ4v) is 36.7. The first-order chi connectivity index (χ1) is 50.0. The van der Waals surface area contributed by atoms with Crippen LogP contribution >= 0.6 is 0 Å². The second-order valence-corrected chi connectivity index (χ2v) is 48.7. The van der Waals surface area contributed by atoms with Gasteiger partial charge in [-0.15, -0.1) is 0 Å². The van der Waals surface area contributed by atoms with Gasteiger partial charge in [-0.05, 0) is 126 Å². The van der Waals surface area contributed by atoms with E-state index in [1.54, 1.807) is 14.2 Å². The SMILES string of the molecule is COCCOc1ccc([S+]2CCCCC2)c2ccccc12.COCCOc1ccc([S+]2CCCCC2)c2ccccc12.CS(=O)(=O)[C-](S(=O)(=O)C1CCCCC1)S(=O)(=O)C1CCCCC1.CS(=O)(=O)[C-](S(=O)(=O)C1CCCCC1)S(=O)(=O)C1CCCCC1.CS(=O)(=O)[O-].C[N+](C)(C)Cc1ccccc1.[2H]C. The number of sulfone groups is 6. The molecule has 2 aliphatic heterocycles. The van der Waals surface area contributed by atoms with E-state index in [0.717, 1.165) is 48.2 Å². The Hall–Kier alpha value is -3.59. The molecule has 6 fully saturated rings. The number of quaternary nitrogens is 1. The van der Waals surface area contributed by atoms with Crippen LogP contribution < -0.4 is 9.47 Å². The highest BCUT2D eigenvalue weighted by molar-refractivity contribution is 8.29. The zero-order valence-electron chi connectivity index (χ0n) is 64.3. The Kier molecular flexibility index (Phi) is 37.2. The minimum atomic E-state index is -4.35. The molecule has 0 aromatic heterocycles. The Balaban J connectivity index is 0.000000235. The van der Waals surface area contributed by atoms with E-state index in [4.69, 9.17) is 33.3 Å². The molecular weight excluding hydrogens is 1520 g/mol. The normalized spacial score (nSPS) is 18.5. The van der Waals surface area contributed by atoms with E-state index in [-0.39, 0.29) is 0 Å². The van der Waals surface area contributed by atoms with Crippen molar-refractivity contribution < 1.29 is 88.3 Å². The van der Waals surface area contributed by atoms with Crippen LogP contribution in [0.1, 0.15) is 181 Å². The minimum Gasteiger partial charge on any atom is -0.748 e. The monoisotopic (exact) mass is 1640 g/mol. The molecule has 2 heterocycles. The van der Waals surface area contributed by atoms with Gasteiger partial charge in [0.2, 0.25) is 0 Å². The van der Waals surface area contributed by atoms with Crippen molar-refractivity contribution >= 4 is 112 Å². The molecule has 0 radical (unpaired) electrons. The van der Waals surface area contributed by atoms with Gasteiger partial charge in [0.1, 0.15) is 54.3 Å². The standard InChI is InChI=1S/2C18H23O2S.2C14H25O6S3.C10H16N.CH4O3S.CH4/c2*1-19-11-12-20-17-9-10-18(21-13-5-2-6-14-21)16-8-4-3-7-15(16)17;2*1-21(15,16)14(22(17,18)12-8-4-2-5-9-12)23(19,20)13-10-6-3-7-11-13;1-11(2,3)9-10-7-5-4-6-8-10;1-5(2,3)4;/h2*3-4,7-10H,2,5-6,11-14H2,1H3;2*12-13H,2-11H2,1H3;4-8H,9H2,1-3H3;1H3,(H,2,3,4);1H4/q2*+1;2*-1;+1;;/p-1/i;;;;;;1D. The Morgan fingerprint density at radius 3 is 0.905 bits per heavy atom. The molecule has 4 saturated carbocycles. The lowest BCUT2D eigenvalue weighted by Gasteiger charge is -2.38. The molecule has 0 N–H and O–H groups in total. The number of hydrogen-bond acceptors (Lipinski definition) is 19. The smallest absolute Gasteiger partial charge is 0.162 e. The molecule has 6 aliphatic rings. The third-order valence-electron chi connectivity index (χ3n) is 19.0. The van der Waals surface area contributed by atoms with Crippen molar-refractivity contribution in [2.45, 2.75) is 212 Å². The van der Waals surface area contributed by atoms with Crippen molar-refractivity contribution in [1.29, 1.82) is 0 Å². The van der Waals surface area contributed by atoms with E-state index >= 15 is 0 Å². The molecule has 0 bridgehead atoms. The van der Waals surface area contributed by atoms with Gasteiger partial charge in [-0.2, -0.15) is 0 Å².